The summed E-state index contributed by atoms with van der Waals surface area (Å²) in [6.07, 6.45) is 2.64. The highest BCUT2D eigenvalue weighted by Crippen LogP contribution is 2.24. The van der Waals surface area contributed by atoms with Gasteiger partial charge in [0.05, 0.1) is 13.3 Å². The van der Waals surface area contributed by atoms with Gasteiger partial charge in [-0.05, 0) is 6.07 Å². The number of pyridine rings is 1. The Morgan fingerprint density at radius 2 is 2.38 bits per heavy atom. The molecule has 0 aliphatic heterocycles. The van der Waals surface area contributed by atoms with Crippen molar-refractivity contribution in [3.05, 3.63) is 30.1 Å². The first-order valence-corrected chi connectivity index (χ1v) is 4.40. The molecule has 82 valence electrons. The number of carboxylic acid groups (broad SMARTS) is 1. The number of aromatic nitrogens is 2. The van der Waals surface area contributed by atoms with Crippen LogP contribution in [0.2, 0.25) is 0 Å². The van der Waals surface area contributed by atoms with Crippen LogP contribution in [-0.2, 0) is 0 Å². The van der Waals surface area contributed by atoms with Crippen molar-refractivity contribution >= 4 is 5.97 Å². The summed E-state index contributed by atoms with van der Waals surface area (Å²) in [4.78, 5) is 14.8. The zero-order valence-corrected chi connectivity index (χ0v) is 8.38. The number of carbonyl (C=O) groups is 1. The van der Waals surface area contributed by atoms with E-state index in [-0.39, 0.29) is 11.3 Å². The molecule has 1 N–H and O–H groups in total. The zero-order valence-electron chi connectivity index (χ0n) is 8.38. The first-order chi connectivity index (χ1) is 7.72. The number of nitrogens with zero attached hydrogens (tertiary/aromatic N) is 2. The minimum absolute atomic E-state index is 0.0271. The lowest BCUT2D eigenvalue weighted by Gasteiger charge is -2.00. The van der Waals surface area contributed by atoms with Gasteiger partial charge >= 0.3 is 5.97 Å². The summed E-state index contributed by atoms with van der Waals surface area (Å²) in [5.41, 5.74) is 0.343. The Balaban J connectivity index is 2.50. The molecule has 0 aliphatic carbocycles. The van der Waals surface area contributed by atoms with Gasteiger partial charge in [-0.1, -0.05) is 5.16 Å². The van der Waals surface area contributed by atoms with Crippen molar-refractivity contribution in [1.29, 1.82) is 0 Å². The third kappa shape index (κ3) is 1.72. The zero-order chi connectivity index (χ0) is 11.5. The highest BCUT2D eigenvalue weighted by Gasteiger charge is 2.18. The summed E-state index contributed by atoms with van der Waals surface area (Å²) in [6, 6.07) is 3.23. The lowest BCUT2D eigenvalue weighted by molar-refractivity contribution is 0.0697. The van der Waals surface area contributed by atoms with Crippen LogP contribution >= 0.6 is 0 Å². The van der Waals surface area contributed by atoms with E-state index in [1.165, 1.54) is 13.3 Å². The average Bonchev–Trinajstić information content (AvgIpc) is 2.78. The highest BCUT2D eigenvalue weighted by molar-refractivity contribution is 5.93. The topological polar surface area (TPSA) is 85.5 Å². The number of rotatable bonds is 3. The summed E-state index contributed by atoms with van der Waals surface area (Å²) < 4.78 is 9.87. The number of carboxylic acids is 1. The minimum atomic E-state index is -1.11. The van der Waals surface area contributed by atoms with Crippen LogP contribution in [0.25, 0.3) is 11.5 Å². The summed E-state index contributed by atoms with van der Waals surface area (Å²) in [5, 5.41) is 12.3. The van der Waals surface area contributed by atoms with Gasteiger partial charge in [0.2, 0.25) is 0 Å². The van der Waals surface area contributed by atoms with E-state index in [0.717, 1.165) is 6.20 Å². The largest absolute Gasteiger partial charge is 0.497 e. The molecule has 0 aliphatic rings. The smallest absolute Gasteiger partial charge is 0.341 e. The van der Waals surface area contributed by atoms with Crippen LogP contribution in [0, 0.1) is 0 Å². The maximum atomic E-state index is 10.9. The molecule has 16 heavy (non-hydrogen) atoms. The normalized spacial score (nSPS) is 10.1. The molecule has 6 heteroatoms. The van der Waals surface area contributed by atoms with E-state index < -0.39 is 5.97 Å². The average molecular weight is 220 g/mol. The lowest BCUT2D eigenvalue weighted by atomic mass is 10.2. The van der Waals surface area contributed by atoms with Crippen LogP contribution in [0.4, 0.5) is 0 Å². The fraction of sp³-hybridized carbons (Fsp3) is 0.100. The molecule has 6 nitrogen and oxygen atoms in total. The van der Waals surface area contributed by atoms with Crippen molar-refractivity contribution in [3.8, 4) is 17.2 Å². The number of hydrogen-bond donors (Lipinski definition) is 1. The molecular weight excluding hydrogens is 212 g/mol. The molecule has 2 aromatic rings. The lowest BCUT2D eigenvalue weighted by Crippen LogP contribution is -1.97. The highest BCUT2D eigenvalue weighted by atomic mass is 16.5. The Bertz CT molecular complexity index is 521. The van der Waals surface area contributed by atoms with E-state index in [9.17, 15) is 4.79 Å². The summed E-state index contributed by atoms with van der Waals surface area (Å²) in [5.74, 6) is -0.426. The van der Waals surface area contributed by atoms with Crippen LogP contribution in [0.3, 0.4) is 0 Å². The predicted octanol–water partition coefficient (Wildman–Crippen LogP) is 1.44. The molecule has 0 radical (unpaired) electrons. The fourth-order valence-electron chi connectivity index (χ4n) is 1.24. The van der Waals surface area contributed by atoms with Crippen LogP contribution in [0.15, 0.2) is 29.0 Å². The standard InChI is InChI=1S/C10H8N2O4/c1-15-6-2-3-11-8(4-6)9-7(10(13)14)5-12-16-9/h2-5H,1H3,(H,13,14). The van der Waals surface area contributed by atoms with Gasteiger partial charge in [0.1, 0.15) is 17.0 Å². The molecule has 0 atom stereocenters. The van der Waals surface area contributed by atoms with Crippen molar-refractivity contribution in [2.75, 3.05) is 7.11 Å². The Morgan fingerprint density at radius 1 is 1.56 bits per heavy atom. The second-order valence-corrected chi connectivity index (χ2v) is 2.95. The third-order valence-corrected chi connectivity index (χ3v) is 2.00. The maximum absolute atomic E-state index is 10.9. The monoisotopic (exact) mass is 220 g/mol. The van der Waals surface area contributed by atoms with Crippen molar-refractivity contribution in [2.24, 2.45) is 0 Å². The molecule has 0 saturated carbocycles. The summed E-state index contributed by atoms with van der Waals surface area (Å²) in [7, 11) is 1.51. The fourth-order valence-corrected chi connectivity index (χ4v) is 1.24. The van der Waals surface area contributed by atoms with Crippen LogP contribution in [0.1, 0.15) is 10.4 Å². The molecular formula is C10H8N2O4. The van der Waals surface area contributed by atoms with Crippen molar-refractivity contribution in [2.45, 2.75) is 0 Å². The Morgan fingerprint density at radius 3 is 3.06 bits per heavy atom. The summed E-state index contributed by atoms with van der Waals surface area (Å²) >= 11 is 0. The molecule has 2 aromatic heterocycles. The Labute approximate surface area is 90.5 Å². The number of methoxy groups -OCH3 is 1. The Kier molecular flexibility index (Phi) is 2.55. The first kappa shape index (κ1) is 10.2. The van der Waals surface area contributed by atoms with Crippen LogP contribution in [-0.4, -0.2) is 28.3 Å². The van der Waals surface area contributed by atoms with Gasteiger partial charge in [0, 0.05) is 12.3 Å². The van der Waals surface area contributed by atoms with Crippen molar-refractivity contribution in [1.82, 2.24) is 10.1 Å². The molecule has 0 unspecified atom stereocenters. The minimum Gasteiger partial charge on any atom is -0.497 e. The molecule has 2 heterocycles. The van der Waals surface area contributed by atoms with E-state index >= 15 is 0 Å². The summed E-state index contributed by atoms with van der Waals surface area (Å²) in [6.45, 7) is 0. The van der Waals surface area contributed by atoms with E-state index in [4.69, 9.17) is 14.4 Å². The van der Waals surface area contributed by atoms with Gasteiger partial charge in [0.15, 0.2) is 5.76 Å². The SMILES string of the molecule is COc1ccnc(-c2oncc2C(=O)O)c1. The van der Waals surface area contributed by atoms with Gasteiger partial charge in [-0.15, -0.1) is 0 Å². The van der Waals surface area contributed by atoms with Gasteiger partial charge in [0.25, 0.3) is 0 Å². The molecule has 0 amide bonds. The maximum Gasteiger partial charge on any atom is 0.341 e. The van der Waals surface area contributed by atoms with Gasteiger partial charge in [-0.2, -0.15) is 0 Å². The Hall–Kier alpha value is -2.37. The third-order valence-electron chi connectivity index (χ3n) is 2.00. The van der Waals surface area contributed by atoms with Gasteiger partial charge in [-0.25, -0.2) is 4.79 Å². The van der Waals surface area contributed by atoms with E-state index in [2.05, 4.69) is 10.1 Å². The molecule has 0 aromatic carbocycles. The van der Waals surface area contributed by atoms with Gasteiger partial charge < -0.3 is 14.4 Å². The molecule has 0 spiro atoms. The quantitative estimate of drug-likeness (QED) is 0.842. The van der Waals surface area contributed by atoms with Crippen LogP contribution < -0.4 is 4.74 Å². The molecule has 0 saturated heterocycles. The number of aromatic carboxylic acids is 1. The number of ether oxygens (including phenoxy) is 1. The van der Waals surface area contributed by atoms with Gasteiger partial charge in [-0.3, -0.25) is 4.98 Å². The van der Waals surface area contributed by atoms with Crippen molar-refractivity contribution < 1.29 is 19.2 Å². The molecule has 2 rings (SSSR count). The number of hydrogen-bond acceptors (Lipinski definition) is 5. The second-order valence-electron chi connectivity index (χ2n) is 2.95. The van der Waals surface area contributed by atoms with Crippen molar-refractivity contribution in [3.63, 3.8) is 0 Å². The van der Waals surface area contributed by atoms with Crippen LogP contribution in [0.5, 0.6) is 5.75 Å². The van der Waals surface area contributed by atoms with E-state index in [0.29, 0.717) is 11.4 Å². The van der Waals surface area contributed by atoms with E-state index in [1.807, 2.05) is 0 Å². The molecule has 0 bridgehead atoms. The van der Waals surface area contributed by atoms with E-state index in [1.54, 1.807) is 12.1 Å². The molecule has 0 fully saturated rings. The first-order valence-electron chi connectivity index (χ1n) is 4.40. The predicted molar refractivity (Wildman–Crippen MR) is 53.2 cm³/mol. The second kappa shape index (κ2) is 4.01.